The summed E-state index contributed by atoms with van der Waals surface area (Å²) < 4.78 is 0. The normalized spacial score (nSPS) is 12.8. The molecule has 0 aliphatic heterocycles. The van der Waals surface area contributed by atoms with E-state index in [1.807, 2.05) is 0 Å². The van der Waals surface area contributed by atoms with Gasteiger partial charge in [0.25, 0.3) is 0 Å². The van der Waals surface area contributed by atoms with Crippen molar-refractivity contribution >= 4 is 18.6 Å². The van der Waals surface area contributed by atoms with Gasteiger partial charge < -0.3 is 15.4 Å². The Morgan fingerprint density at radius 1 is 1.92 bits per heavy atom. The number of rotatable bonds is 4. The highest BCUT2D eigenvalue weighted by atomic mass is 32.1. The third-order valence-electron chi connectivity index (χ3n) is 1.75. The Balaban J connectivity index is 2.67. The quantitative estimate of drug-likeness (QED) is 0.514. The van der Waals surface area contributed by atoms with Crippen molar-refractivity contribution < 1.29 is 9.90 Å². The Bertz CT molecular complexity index is 300. The zero-order chi connectivity index (χ0) is 9.84. The van der Waals surface area contributed by atoms with Crippen LogP contribution < -0.4 is 5.32 Å². The summed E-state index contributed by atoms with van der Waals surface area (Å²) in [6, 6.07) is -0.605. The third kappa shape index (κ3) is 2.46. The lowest BCUT2D eigenvalue weighted by molar-refractivity contribution is -0.139. The Labute approximate surface area is 81.0 Å². The average molecular weight is 201 g/mol. The van der Waals surface area contributed by atoms with Gasteiger partial charge in [-0.05, 0) is 7.05 Å². The lowest BCUT2D eigenvalue weighted by Gasteiger charge is -2.09. The van der Waals surface area contributed by atoms with Crippen molar-refractivity contribution in [3.63, 3.8) is 0 Å². The second-order valence-electron chi connectivity index (χ2n) is 2.59. The number of carboxylic acid groups (broad SMARTS) is 1. The number of carbonyl (C=O) groups is 1. The first-order valence-electron chi connectivity index (χ1n) is 3.76. The summed E-state index contributed by atoms with van der Waals surface area (Å²) in [7, 11) is 1.60. The molecular formula is C7H11N3O2S. The summed E-state index contributed by atoms with van der Waals surface area (Å²) in [4.78, 5) is 17.3. The first-order valence-corrected chi connectivity index (χ1v) is 4.21. The van der Waals surface area contributed by atoms with E-state index in [-0.39, 0.29) is 0 Å². The van der Waals surface area contributed by atoms with Crippen molar-refractivity contribution in [3.05, 3.63) is 12.0 Å². The molecule has 1 aromatic heterocycles. The van der Waals surface area contributed by atoms with Gasteiger partial charge in [0, 0.05) is 6.42 Å². The Morgan fingerprint density at radius 3 is 3.00 bits per heavy atom. The van der Waals surface area contributed by atoms with Gasteiger partial charge in [-0.25, -0.2) is 4.98 Å². The topological polar surface area (TPSA) is 78.0 Å². The lowest BCUT2D eigenvalue weighted by Crippen LogP contribution is -2.35. The van der Waals surface area contributed by atoms with E-state index >= 15 is 0 Å². The molecule has 1 rings (SSSR count). The Kier molecular flexibility index (Phi) is 3.32. The van der Waals surface area contributed by atoms with Gasteiger partial charge in [0.05, 0.1) is 12.0 Å². The number of nitrogens with zero attached hydrogens (tertiary/aromatic N) is 1. The van der Waals surface area contributed by atoms with Gasteiger partial charge in [-0.2, -0.15) is 0 Å². The van der Waals surface area contributed by atoms with Crippen molar-refractivity contribution in [3.8, 4) is 0 Å². The minimum absolute atomic E-state index is 0.352. The average Bonchev–Trinajstić information content (AvgIpc) is 2.46. The fourth-order valence-electron chi connectivity index (χ4n) is 0.981. The zero-order valence-corrected chi connectivity index (χ0v) is 8.01. The maximum Gasteiger partial charge on any atom is 0.321 e. The molecule has 3 N–H and O–H groups in total. The van der Waals surface area contributed by atoms with Crippen molar-refractivity contribution in [2.45, 2.75) is 17.5 Å². The van der Waals surface area contributed by atoms with Gasteiger partial charge >= 0.3 is 5.97 Å². The fourth-order valence-corrected chi connectivity index (χ4v) is 1.19. The summed E-state index contributed by atoms with van der Waals surface area (Å²) in [5.74, 6) is -0.884. The number of hydrogen-bond acceptors (Lipinski definition) is 4. The Hall–Kier alpha value is -1.01. The van der Waals surface area contributed by atoms with E-state index in [2.05, 4.69) is 27.9 Å². The summed E-state index contributed by atoms with van der Waals surface area (Å²) in [6.45, 7) is 0. The highest BCUT2D eigenvalue weighted by Crippen LogP contribution is 2.09. The second kappa shape index (κ2) is 4.29. The molecule has 0 amide bonds. The first kappa shape index (κ1) is 10.1. The minimum atomic E-state index is -0.884. The van der Waals surface area contributed by atoms with Crippen molar-refractivity contribution in [2.75, 3.05) is 7.05 Å². The molecule has 0 saturated carbocycles. The summed E-state index contributed by atoms with van der Waals surface area (Å²) in [5, 5.41) is 12.0. The number of aromatic nitrogens is 2. The van der Waals surface area contributed by atoms with Crippen LogP contribution in [0, 0.1) is 0 Å². The van der Waals surface area contributed by atoms with E-state index in [1.165, 1.54) is 6.33 Å². The predicted octanol–water partition coefficient (Wildman–Crippen LogP) is -0.0865. The molecule has 0 saturated heterocycles. The molecule has 0 fully saturated rings. The van der Waals surface area contributed by atoms with E-state index < -0.39 is 12.0 Å². The Morgan fingerprint density at radius 2 is 2.62 bits per heavy atom. The summed E-state index contributed by atoms with van der Waals surface area (Å²) >= 11 is 4.07. The highest BCUT2D eigenvalue weighted by Gasteiger charge is 2.17. The van der Waals surface area contributed by atoms with E-state index in [1.54, 1.807) is 7.05 Å². The number of hydrogen-bond donors (Lipinski definition) is 4. The highest BCUT2D eigenvalue weighted by molar-refractivity contribution is 7.80. The van der Waals surface area contributed by atoms with Crippen LogP contribution in [-0.4, -0.2) is 34.1 Å². The van der Waals surface area contributed by atoms with Crippen molar-refractivity contribution in [2.24, 2.45) is 0 Å². The van der Waals surface area contributed by atoms with Gasteiger partial charge in [-0.1, -0.05) is 0 Å². The number of likely N-dealkylation sites (N-methyl/N-ethyl adjacent to an activating group) is 1. The third-order valence-corrected chi connectivity index (χ3v) is 2.14. The molecule has 0 aliphatic carbocycles. The van der Waals surface area contributed by atoms with Crippen LogP contribution in [-0.2, 0) is 11.2 Å². The molecule has 6 heteroatoms. The molecule has 5 nitrogen and oxygen atoms in total. The summed E-state index contributed by atoms with van der Waals surface area (Å²) in [5.41, 5.74) is 0.727. The predicted molar refractivity (Wildman–Crippen MR) is 50.0 cm³/mol. The van der Waals surface area contributed by atoms with Gasteiger partial charge in [-0.3, -0.25) is 4.79 Å². The largest absolute Gasteiger partial charge is 0.480 e. The van der Waals surface area contributed by atoms with E-state index in [0.717, 1.165) is 5.69 Å². The SMILES string of the molecule is CNC(Cc1[nH]cnc1S)C(=O)O. The van der Waals surface area contributed by atoms with Crippen LogP contribution in [0.3, 0.4) is 0 Å². The summed E-state index contributed by atoms with van der Waals surface area (Å²) in [6.07, 6.45) is 1.84. The molecule has 0 aromatic carbocycles. The molecule has 72 valence electrons. The molecule has 0 radical (unpaired) electrons. The van der Waals surface area contributed by atoms with Crippen LogP contribution in [0.1, 0.15) is 5.69 Å². The van der Waals surface area contributed by atoms with Gasteiger partial charge in [-0.15, -0.1) is 12.6 Å². The number of aromatic amines is 1. The molecule has 0 bridgehead atoms. The van der Waals surface area contributed by atoms with Crippen LogP contribution in [0.25, 0.3) is 0 Å². The van der Waals surface area contributed by atoms with Crippen LogP contribution >= 0.6 is 12.6 Å². The molecule has 0 aliphatic rings. The zero-order valence-electron chi connectivity index (χ0n) is 7.11. The number of nitrogens with one attached hydrogen (secondary N) is 2. The molecule has 1 aromatic rings. The first-order chi connectivity index (χ1) is 6.15. The molecule has 13 heavy (non-hydrogen) atoms. The second-order valence-corrected chi connectivity index (χ2v) is 3.01. The maximum atomic E-state index is 10.6. The van der Waals surface area contributed by atoms with Crippen LogP contribution in [0.2, 0.25) is 0 Å². The van der Waals surface area contributed by atoms with Crippen LogP contribution in [0.4, 0.5) is 0 Å². The molecular weight excluding hydrogens is 190 g/mol. The monoisotopic (exact) mass is 201 g/mol. The van der Waals surface area contributed by atoms with Crippen molar-refractivity contribution in [1.82, 2.24) is 15.3 Å². The fraction of sp³-hybridized carbons (Fsp3) is 0.429. The van der Waals surface area contributed by atoms with Gasteiger partial charge in [0.15, 0.2) is 0 Å². The number of thiol groups is 1. The minimum Gasteiger partial charge on any atom is -0.480 e. The van der Waals surface area contributed by atoms with E-state index in [0.29, 0.717) is 11.4 Å². The number of H-pyrrole nitrogens is 1. The molecule has 1 heterocycles. The molecule has 1 atom stereocenters. The smallest absolute Gasteiger partial charge is 0.321 e. The van der Waals surface area contributed by atoms with Gasteiger partial charge in [0.1, 0.15) is 11.1 Å². The number of aliphatic carboxylic acids is 1. The van der Waals surface area contributed by atoms with Crippen molar-refractivity contribution in [1.29, 1.82) is 0 Å². The van der Waals surface area contributed by atoms with Crippen LogP contribution in [0.5, 0.6) is 0 Å². The number of carboxylic acids is 1. The van der Waals surface area contributed by atoms with E-state index in [4.69, 9.17) is 5.11 Å². The van der Waals surface area contributed by atoms with Crippen LogP contribution in [0.15, 0.2) is 11.4 Å². The molecule has 0 spiro atoms. The standard InChI is InChI=1S/C7H11N3O2S/c1-8-5(7(11)12)2-4-6(13)10-3-9-4/h3,5,8,13H,2H2,1H3,(H,9,10)(H,11,12). The number of imidazole rings is 1. The maximum absolute atomic E-state index is 10.6. The lowest BCUT2D eigenvalue weighted by atomic mass is 10.2. The molecule has 1 unspecified atom stereocenters. The van der Waals surface area contributed by atoms with E-state index in [9.17, 15) is 4.79 Å². The van der Waals surface area contributed by atoms with Gasteiger partial charge in [0.2, 0.25) is 0 Å².